The highest BCUT2D eigenvalue weighted by molar-refractivity contribution is 6.31. The predicted octanol–water partition coefficient (Wildman–Crippen LogP) is 4.01. The first-order valence-corrected chi connectivity index (χ1v) is 11.4. The van der Waals surface area contributed by atoms with Gasteiger partial charge in [-0.1, -0.05) is 54.1 Å². The van der Waals surface area contributed by atoms with Gasteiger partial charge in [-0.25, -0.2) is 9.97 Å². The molecule has 4 aromatic rings. The van der Waals surface area contributed by atoms with E-state index in [0.29, 0.717) is 35.5 Å². The van der Waals surface area contributed by atoms with Crippen LogP contribution in [-0.2, 0) is 6.42 Å². The van der Waals surface area contributed by atoms with E-state index in [1.165, 1.54) is 0 Å². The number of nitrogens with zero attached hydrogens (tertiary/aromatic N) is 2. The van der Waals surface area contributed by atoms with Crippen LogP contribution in [0.15, 0.2) is 78.9 Å². The molecule has 0 radical (unpaired) electrons. The molecule has 1 aromatic heterocycles. The molecule has 0 aliphatic carbocycles. The minimum Gasteiger partial charge on any atom is -0.491 e. The second kappa shape index (κ2) is 11.8. The minimum atomic E-state index is -0.696. The number of aliphatic hydroxyl groups excluding tert-OH is 2. The molecule has 34 heavy (non-hydrogen) atoms. The van der Waals surface area contributed by atoms with E-state index < -0.39 is 6.10 Å². The van der Waals surface area contributed by atoms with Gasteiger partial charge in [0.15, 0.2) is 5.15 Å². The molecule has 0 amide bonds. The Balaban J connectivity index is 1.28. The molecule has 0 spiro atoms. The first-order chi connectivity index (χ1) is 16.6. The molecule has 176 valence electrons. The Labute approximate surface area is 203 Å². The lowest BCUT2D eigenvalue weighted by molar-refractivity contribution is 0.0997. The van der Waals surface area contributed by atoms with Crippen molar-refractivity contribution in [3.63, 3.8) is 0 Å². The topological polar surface area (TPSA) is 96.7 Å². The Morgan fingerprint density at radius 3 is 2.24 bits per heavy atom. The second-order valence-electron chi connectivity index (χ2n) is 7.82. The summed E-state index contributed by atoms with van der Waals surface area (Å²) in [5, 5.41) is 23.3. The van der Waals surface area contributed by atoms with Gasteiger partial charge in [-0.05, 0) is 48.4 Å². The molecule has 1 heterocycles. The number of aliphatic hydroxyl groups is 2. The second-order valence-corrected chi connectivity index (χ2v) is 8.18. The van der Waals surface area contributed by atoms with E-state index in [0.717, 1.165) is 5.56 Å². The van der Waals surface area contributed by atoms with Crippen molar-refractivity contribution in [3.8, 4) is 17.4 Å². The van der Waals surface area contributed by atoms with Crippen LogP contribution in [-0.4, -0.2) is 52.1 Å². The van der Waals surface area contributed by atoms with Crippen molar-refractivity contribution < 1.29 is 19.7 Å². The fourth-order valence-electron chi connectivity index (χ4n) is 3.39. The smallest absolute Gasteiger partial charge is 0.258 e. The van der Waals surface area contributed by atoms with Crippen LogP contribution in [0.1, 0.15) is 5.56 Å². The number of para-hydroxylation sites is 3. The third-order valence-electron chi connectivity index (χ3n) is 5.17. The van der Waals surface area contributed by atoms with Crippen LogP contribution in [0.3, 0.4) is 0 Å². The molecule has 0 bridgehead atoms. The lowest BCUT2D eigenvalue weighted by Gasteiger charge is -2.19. The van der Waals surface area contributed by atoms with Crippen LogP contribution in [0.25, 0.3) is 11.0 Å². The highest BCUT2D eigenvalue weighted by atomic mass is 35.5. The maximum Gasteiger partial charge on any atom is 0.258 e. The van der Waals surface area contributed by atoms with E-state index in [-0.39, 0.29) is 30.3 Å². The zero-order valence-electron chi connectivity index (χ0n) is 18.5. The first-order valence-electron chi connectivity index (χ1n) is 11.0. The summed E-state index contributed by atoms with van der Waals surface area (Å²) in [5.74, 6) is 1.53. The number of ether oxygens (including phenoxy) is 2. The van der Waals surface area contributed by atoms with Crippen LogP contribution in [0.5, 0.6) is 17.4 Å². The van der Waals surface area contributed by atoms with Gasteiger partial charge in [0, 0.05) is 12.6 Å². The summed E-state index contributed by atoms with van der Waals surface area (Å²) < 4.78 is 11.4. The molecule has 0 aliphatic heterocycles. The van der Waals surface area contributed by atoms with E-state index in [1.807, 2.05) is 78.9 Å². The van der Waals surface area contributed by atoms with E-state index in [9.17, 15) is 10.2 Å². The van der Waals surface area contributed by atoms with Crippen molar-refractivity contribution in [2.45, 2.75) is 18.6 Å². The van der Waals surface area contributed by atoms with Crippen molar-refractivity contribution >= 4 is 22.6 Å². The van der Waals surface area contributed by atoms with Crippen LogP contribution >= 0.6 is 11.6 Å². The maximum atomic E-state index is 10.2. The fraction of sp³-hybridized carbons (Fsp3) is 0.231. The summed E-state index contributed by atoms with van der Waals surface area (Å²) >= 11 is 6.23. The molecule has 7 nitrogen and oxygen atoms in total. The van der Waals surface area contributed by atoms with Crippen LogP contribution in [0.2, 0.25) is 5.15 Å². The van der Waals surface area contributed by atoms with Crippen LogP contribution in [0, 0.1) is 0 Å². The summed E-state index contributed by atoms with van der Waals surface area (Å²) in [6, 6.07) is 24.0. The molecule has 0 saturated carbocycles. The zero-order chi connectivity index (χ0) is 23.8. The number of aromatic nitrogens is 2. The van der Waals surface area contributed by atoms with Gasteiger partial charge in [0.2, 0.25) is 0 Å². The lowest BCUT2D eigenvalue weighted by atomic mass is 10.1. The molecule has 0 saturated heterocycles. The molecule has 8 heteroatoms. The maximum absolute atomic E-state index is 10.2. The Morgan fingerprint density at radius 1 is 0.853 bits per heavy atom. The van der Waals surface area contributed by atoms with E-state index >= 15 is 0 Å². The van der Waals surface area contributed by atoms with Crippen molar-refractivity contribution in [1.29, 1.82) is 0 Å². The van der Waals surface area contributed by atoms with Gasteiger partial charge in [0.05, 0.1) is 17.6 Å². The van der Waals surface area contributed by atoms with E-state index in [1.54, 1.807) is 0 Å². The molecular weight excluding hydrogens is 454 g/mol. The quantitative estimate of drug-likeness (QED) is 0.299. The summed E-state index contributed by atoms with van der Waals surface area (Å²) in [6.45, 7) is 0.409. The highest BCUT2D eigenvalue weighted by Crippen LogP contribution is 2.28. The number of hydrogen-bond acceptors (Lipinski definition) is 7. The monoisotopic (exact) mass is 479 g/mol. The predicted molar refractivity (Wildman–Crippen MR) is 132 cm³/mol. The summed E-state index contributed by atoms with van der Waals surface area (Å²) in [7, 11) is 0. The van der Waals surface area contributed by atoms with Crippen LogP contribution < -0.4 is 14.8 Å². The largest absolute Gasteiger partial charge is 0.491 e. The third kappa shape index (κ3) is 6.65. The Bertz CT molecular complexity index is 1190. The lowest BCUT2D eigenvalue weighted by Crippen LogP contribution is -2.41. The number of fused-ring (bicyclic) bond motifs is 1. The van der Waals surface area contributed by atoms with Crippen molar-refractivity contribution in [2.24, 2.45) is 0 Å². The van der Waals surface area contributed by atoms with Gasteiger partial charge in [0.1, 0.15) is 24.2 Å². The van der Waals surface area contributed by atoms with E-state index in [2.05, 4.69) is 15.3 Å². The molecule has 0 aliphatic rings. The summed E-state index contributed by atoms with van der Waals surface area (Å²) in [5.41, 5.74) is 2.41. The van der Waals surface area contributed by atoms with Crippen molar-refractivity contribution in [3.05, 3.63) is 89.6 Å². The van der Waals surface area contributed by atoms with Gasteiger partial charge in [-0.15, -0.1) is 0 Å². The Kier molecular flexibility index (Phi) is 8.27. The molecule has 2 atom stereocenters. The van der Waals surface area contributed by atoms with Crippen LogP contribution in [0.4, 0.5) is 0 Å². The van der Waals surface area contributed by atoms with Gasteiger partial charge in [0.25, 0.3) is 5.88 Å². The third-order valence-corrected chi connectivity index (χ3v) is 5.41. The Morgan fingerprint density at radius 2 is 1.53 bits per heavy atom. The highest BCUT2D eigenvalue weighted by Gasteiger charge is 2.13. The number of halogens is 1. The SMILES string of the molecule is OC[C@H](Cc1ccc(Oc2nc3ccccc3nc2Cl)cc1)NCC(O)COc1ccccc1. The minimum absolute atomic E-state index is 0.0627. The molecule has 1 unspecified atom stereocenters. The van der Waals surface area contributed by atoms with E-state index in [4.69, 9.17) is 21.1 Å². The van der Waals surface area contributed by atoms with Gasteiger partial charge in [-0.2, -0.15) is 0 Å². The standard InChI is InChI=1S/C26H26ClN3O4/c27-25-26(30-24-9-5-4-8-23(24)29-25)34-22-12-10-18(11-13-22)14-19(16-31)28-15-20(32)17-33-21-6-2-1-3-7-21/h1-13,19-20,28,31-32H,14-17H2/t19-,20?/m0/s1. The van der Waals surface area contributed by atoms with Gasteiger partial charge in [-0.3, -0.25) is 0 Å². The van der Waals surface area contributed by atoms with Crippen molar-refractivity contribution in [1.82, 2.24) is 15.3 Å². The molecular formula is C26H26ClN3O4. The Hall–Kier alpha value is -3.23. The van der Waals surface area contributed by atoms with Gasteiger partial charge < -0.3 is 25.0 Å². The summed E-state index contributed by atoms with van der Waals surface area (Å²) in [6.07, 6.45) is -0.114. The zero-order valence-corrected chi connectivity index (χ0v) is 19.2. The average molecular weight is 480 g/mol. The number of hydrogen-bond donors (Lipinski definition) is 3. The molecule has 0 fully saturated rings. The normalized spacial score (nSPS) is 12.9. The fourth-order valence-corrected chi connectivity index (χ4v) is 3.56. The first kappa shape index (κ1) is 23.9. The number of nitrogens with one attached hydrogen (secondary N) is 1. The van der Waals surface area contributed by atoms with Crippen molar-refractivity contribution in [2.75, 3.05) is 19.8 Å². The summed E-state index contributed by atoms with van der Waals surface area (Å²) in [4.78, 5) is 8.75. The number of benzene rings is 3. The molecule has 3 N–H and O–H groups in total. The average Bonchev–Trinajstić information content (AvgIpc) is 2.87. The molecule has 3 aromatic carbocycles. The van der Waals surface area contributed by atoms with Gasteiger partial charge >= 0.3 is 0 Å². The molecule has 4 rings (SSSR count). The number of rotatable bonds is 11.